The molecular weight excluding hydrogens is 314 g/mol. The lowest BCUT2D eigenvalue weighted by molar-refractivity contribution is -0.116. The first-order valence-corrected chi connectivity index (χ1v) is 7.65. The van der Waals surface area contributed by atoms with Gasteiger partial charge in [-0.1, -0.05) is 29.8 Å². The summed E-state index contributed by atoms with van der Waals surface area (Å²) in [6.07, 6.45) is 0.870. The van der Waals surface area contributed by atoms with E-state index in [2.05, 4.69) is 5.32 Å². The van der Waals surface area contributed by atoms with Crippen LogP contribution in [0.15, 0.2) is 42.5 Å². The zero-order valence-electron chi connectivity index (χ0n) is 12.4. The van der Waals surface area contributed by atoms with E-state index in [9.17, 15) is 9.59 Å². The van der Waals surface area contributed by atoms with E-state index in [0.717, 1.165) is 12.1 Å². The van der Waals surface area contributed by atoms with Gasteiger partial charge < -0.3 is 16.0 Å². The van der Waals surface area contributed by atoms with Crippen LogP contribution >= 0.6 is 11.6 Å². The van der Waals surface area contributed by atoms with E-state index in [4.69, 9.17) is 17.3 Å². The van der Waals surface area contributed by atoms with Gasteiger partial charge in [-0.05, 0) is 36.2 Å². The van der Waals surface area contributed by atoms with E-state index in [1.807, 2.05) is 24.3 Å². The molecule has 0 bridgehead atoms. The van der Waals surface area contributed by atoms with Crippen LogP contribution in [-0.4, -0.2) is 24.9 Å². The normalized spacial score (nSPS) is 12.8. The molecule has 0 saturated heterocycles. The third-order valence-corrected chi connectivity index (χ3v) is 4.19. The maximum absolute atomic E-state index is 12.4. The highest BCUT2D eigenvalue weighted by Gasteiger charge is 2.23. The van der Waals surface area contributed by atoms with Gasteiger partial charge in [0.05, 0.1) is 17.1 Å². The Hall–Kier alpha value is -2.53. The first-order valence-electron chi connectivity index (χ1n) is 7.28. The van der Waals surface area contributed by atoms with Gasteiger partial charge in [-0.3, -0.25) is 9.59 Å². The van der Waals surface area contributed by atoms with Crippen LogP contribution in [0.1, 0.15) is 15.9 Å². The minimum atomic E-state index is -0.599. The van der Waals surface area contributed by atoms with Crippen molar-refractivity contribution < 1.29 is 9.59 Å². The molecule has 0 saturated carbocycles. The molecule has 1 heterocycles. The van der Waals surface area contributed by atoms with Crippen LogP contribution in [0, 0.1) is 0 Å². The second kappa shape index (κ2) is 6.30. The Labute approximate surface area is 139 Å². The fraction of sp³-hybridized carbons (Fsp3) is 0.176. The number of nitrogens with one attached hydrogen (secondary N) is 1. The molecule has 6 heteroatoms. The van der Waals surface area contributed by atoms with Crippen molar-refractivity contribution >= 4 is 34.8 Å². The Balaban J connectivity index is 1.69. The number of fused-ring (bicyclic) bond motifs is 1. The molecule has 0 atom stereocenters. The number of hydrogen-bond donors (Lipinski definition) is 2. The third-order valence-electron chi connectivity index (χ3n) is 3.86. The number of nitrogens with two attached hydrogens (primary N) is 1. The Bertz CT molecular complexity index is 776. The van der Waals surface area contributed by atoms with Crippen LogP contribution in [0.5, 0.6) is 0 Å². The smallest absolute Gasteiger partial charge is 0.250 e. The van der Waals surface area contributed by atoms with Gasteiger partial charge in [0.15, 0.2) is 0 Å². The summed E-state index contributed by atoms with van der Waals surface area (Å²) in [4.78, 5) is 25.5. The Morgan fingerprint density at radius 2 is 2.00 bits per heavy atom. The standard InChI is InChI=1S/C17H16ClN3O2/c18-14-6-5-12(9-13(14)17(19)23)20-10-16(22)21-8-7-11-3-1-2-4-15(11)21/h1-6,9,20H,7-8,10H2,(H2,19,23). The van der Waals surface area contributed by atoms with Gasteiger partial charge in [0.1, 0.15) is 0 Å². The van der Waals surface area contributed by atoms with Gasteiger partial charge in [0.25, 0.3) is 0 Å². The maximum Gasteiger partial charge on any atom is 0.250 e. The lowest BCUT2D eigenvalue weighted by Crippen LogP contribution is -2.34. The first kappa shape index (κ1) is 15.4. The number of nitrogens with zero attached hydrogens (tertiary/aromatic N) is 1. The lowest BCUT2D eigenvalue weighted by Gasteiger charge is -2.18. The van der Waals surface area contributed by atoms with Gasteiger partial charge in [-0.15, -0.1) is 0 Å². The van der Waals surface area contributed by atoms with E-state index in [1.165, 1.54) is 5.56 Å². The van der Waals surface area contributed by atoms with Crippen molar-refractivity contribution in [3.63, 3.8) is 0 Å². The fourth-order valence-corrected chi connectivity index (χ4v) is 2.91. The summed E-state index contributed by atoms with van der Waals surface area (Å²) >= 11 is 5.91. The second-order valence-corrected chi connectivity index (χ2v) is 5.74. The SMILES string of the molecule is NC(=O)c1cc(NCC(=O)N2CCc3ccccc32)ccc1Cl. The average molecular weight is 330 g/mol. The number of primary amides is 1. The topological polar surface area (TPSA) is 75.4 Å². The number of halogens is 1. The summed E-state index contributed by atoms with van der Waals surface area (Å²) < 4.78 is 0. The lowest BCUT2D eigenvalue weighted by atomic mass is 10.2. The van der Waals surface area contributed by atoms with Crippen LogP contribution in [-0.2, 0) is 11.2 Å². The van der Waals surface area contributed by atoms with Gasteiger partial charge in [0.2, 0.25) is 11.8 Å². The van der Waals surface area contributed by atoms with Crippen molar-refractivity contribution in [3.8, 4) is 0 Å². The molecule has 0 aliphatic carbocycles. The minimum absolute atomic E-state index is 0.0227. The Morgan fingerprint density at radius 3 is 2.78 bits per heavy atom. The molecular formula is C17H16ClN3O2. The Kier molecular flexibility index (Phi) is 4.21. The van der Waals surface area contributed by atoms with Crippen molar-refractivity contribution in [3.05, 3.63) is 58.6 Å². The number of carbonyl (C=O) groups is 2. The summed E-state index contributed by atoms with van der Waals surface area (Å²) in [7, 11) is 0. The molecule has 1 aliphatic heterocycles. The number of carbonyl (C=O) groups excluding carboxylic acids is 2. The van der Waals surface area contributed by atoms with Crippen LogP contribution < -0.4 is 16.0 Å². The Morgan fingerprint density at radius 1 is 1.22 bits per heavy atom. The molecule has 0 spiro atoms. The highest BCUT2D eigenvalue weighted by atomic mass is 35.5. The van der Waals surface area contributed by atoms with Gasteiger partial charge in [-0.2, -0.15) is 0 Å². The summed E-state index contributed by atoms with van der Waals surface area (Å²) in [6, 6.07) is 12.7. The summed E-state index contributed by atoms with van der Waals surface area (Å²) in [5, 5.41) is 3.31. The highest BCUT2D eigenvalue weighted by molar-refractivity contribution is 6.33. The average Bonchev–Trinajstić information content (AvgIpc) is 2.97. The van der Waals surface area contributed by atoms with E-state index >= 15 is 0 Å². The molecule has 2 amide bonds. The van der Waals surface area contributed by atoms with Crippen molar-refractivity contribution in [2.24, 2.45) is 5.73 Å². The molecule has 23 heavy (non-hydrogen) atoms. The zero-order chi connectivity index (χ0) is 16.4. The van der Waals surface area contributed by atoms with Gasteiger partial charge in [-0.25, -0.2) is 0 Å². The predicted molar refractivity (Wildman–Crippen MR) is 91.0 cm³/mol. The van der Waals surface area contributed by atoms with Crippen LogP contribution in [0.4, 0.5) is 11.4 Å². The van der Waals surface area contributed by atoms with Gasteiger partial charge in [0, 0.05) is 17.9 Å². The number of amides is 2. The molecule has 0 radical (unpaired) electrons. The molecule has 2 aromatic carbocycles. The van der Waals surface area contributed by atoms with Crippen molar-refractivity contribution in [2.45, 2.75) is 6.42 Å². The number of hydrogen-bond acceptors (Lipinski definition) is 3. The molecule has 1 aliphatic rings. The summed E-state index contributed by atoms with van der Waals surface area (Å²) in [5.41, 5.74) is 8.28. The largest absolute Gasteiger partial charge is 0.376 e. The molecule has 2 aromatic rings. The third kappa shape index (κ3) is 3.14. The molecule has 0 unspecified atom stereocenters. The highest BCUT2D eigenvalue weighted by Crippen LogP contribution is 2.27. The molecule has 5 nitrogen and oxygen atoms in total. The number of benzene rings is 2. The van der Waals surface area contributed by atoms with E-state index in [0.29, 0.717) is 17.3 Å². The van der Waals surface area contributed by atoms with E-state index in [1.54, 1.807) is 23.1 Å². The van der Waals surface area contributed by atoms with Gasteiger partial charge >= 0.3 is 0 Å². The predicted octanol–water partition coefficient (Wildman–Crippen LogP) is 2.44. The van der Waals surface area contributed by atoms with E-state index < -0.39 is 5.91 Å². The number of para-hydroxylation sites is 1. The monoisotopic (exact) mass is 329 g/mol. The van der Waals surface area contributed by atoms with Crippen LogP contribution in [0.3, 0.4) is 0 Å². The van der Waals surface area contributed by atoms with Crippen molar-refractivity contribution in [1.29, 1.82) is 0 Å². The molecule has 0 aromatic heterocycles. The molecule has 0 fully saturated rings. The molecule has 3 N–H and O–H groups in total. The quantitative estimate of drug-likeness (QED) is 0.904. The van der Waals surface area contributed by atoms with E-state index in [-0.39, 0.29) is 18.0 Å². The van der Waals surface area contributed by atoms with Crippen molar-refractivity contribution in [2.75, 3.05) is 23.3 Å². The van der Waals surface area contributed by atoms with Crippen LogP contribution in [0.2, 0.25) is 5.02 Å². The number of rotatable bonds is 4. The first-order chi connectivity index (χ1) is 11.1. The minimum Gasteiger partial charge on any atom is -0.376 e. The zero-order valence-corrected chi connectivity index (χ0v) is 13.1. The summed E-state index contributed by atoms with van der Waals surface area (Å²) in [5.74, 6) is -0.621. The van der Waals surface area contributed by atoms with Crippen molar-refractivity contribution in [1.82, 2.24) is 0 Å². The fourth-order valence-electron chi connectivity index (χ4n) is 2.69. The number of anilines is 2. The maximum atomic E-state index is 12.4. The summed E-state index contributed by atoms with van der Waals surface area (Å²) in [6.45, 7) is 0.821. The molecule has 118 valence electrons. The van der Waals surface area contributed by atoms with Crippen LogP contribution in [0.25, 0.3) is 0 Å². The molecule has 3 rings (SSSR count). The second-order valence-electron chi connectivity index (χ2n) is 5.34.